The predicted molar refractivity (Wildman–Crippen MR) is 103 cm³/mol. The van der Waals surface area contributed by atoms with Crippen LogP contribution in [0.3, 0.4) is 0 Å². The monoisotopic (exact) mass is 356 g/mol. The molecular weight excluding hydrogens is 336 g/mol. The topological polar surface area (TPSA) is 36.1 Å². The summed E-state index contributed by atoms with van der Waals surface area (Å²) in [4.78, 5) is 5.94. The Bertz CT molecular complexity index is 821. The van der Waals surface area contributed by atoms with Crippen molar-refractivity contribution in [1.29, 1.82) is 5.26 Å². The first-order valence-corrected chi connectivity index (χ1v) is 9.42. The van der Waals surface area contributed by atoms with Crippen LogP contribution in [-0.2, 0) is 12.8 Å². The Kier molecular flexibility index (Phi) is 4.80. The highest BCUT2D eigenvalue weighted by molar-refractivity contribution is 7.16. The van der Waals surface area contributed by atoms with Gasteiger partial charge in [-0.05, 0) is 53.9 Å². The van der Waals surface area contributed by atoms with Crippen LogP contribution < -0.4 is 0 Å². The van der Waals surface area contributed by atoms with E-state index in [2.05, 4.69) is 31.8 Å². The van der Waals surface area contributed by atoms with Crippen LogP contribution in [0.5, 0.6) is 0 Å². The second-order valence-corrected chi connectivity index (χ2v) is 8.93. The number of benzene rings is 1. The third-order valence-electron chi connectivity index (χ3n) is 4.76. The number of nitrogens with zero attached hydrogens (tertiary/aromatic N) is 2. The highest BCUT2D eigenvalue weighted by Crippen LogP contribution is 2.44. The van der Waals surface area contributed by atoms with Gasteiger partial charge in [-0.2, -0.15) is 5.26 Å². The second kappa shape index (κ2) is 6.70. The van der Waals surface area contributed by atoms with Crippen molar-refractivity contribution in [3.05, 3.63) is 50.9 Å². The van der Waals surface area contributed by atoms with Crippen molar-refractivity contribution in [2.24, 2.45) is 16.3 Å². The van der Waals surface area contributed by atoms with Gasteiger partial charge in [0.15, 0.2) is 0 Å². The molecule has 1 atom stereocenters. The fourth-order valence-electron chi connectivity index (χ4n) is 3.24. The summed E-state index contributed by atoms with van der Waals surface area (Å²) in [5, 5.41) is 11.1. The predicted octanol–water partition coefficient (Wildman–Crippen LogP) is 6.17. The molecule has 4 heteroatoms. The van der Waals surface area contributed by atoms with Gasteiger partial charge in [-0.15, -0.1) is 11.3 Å². The van der Waals surface area contributed by atoms with Crippen molar-refractivity contribution in [3.63, 3.8) is 0 Å². The van der Waals surface area contributed by atoms with E-state index in [1.807, 2.05) is 24.3 Å². The first kappa shape index (κ1) is 17.2. The lowest BCUT2D eigenvalue weighted by atomic mass is 9.72. The van der Waals surface area contributed by atoms with Gasteiger partial charge >= 0.3 is 0 Å². The molecule has 3 rings (SSSR count). The highest BCUT2D eigenvalue weighted by atomic mass is 35.5. The van der Waals surface area contributed by atoms with Crippen LogP contribution in [-0.4, -0.2) is 6.21 Å². The van der Waals surface area contributed by atoms with Crippen LogP contribution in [0.2, 0.25) is 5.02 Å². The maximum Gasteiger partial charge on any atom is 0.134 e. The number of fused-ring (bicyclic) bond motifs is 1. The largest absolute Gasteiger partial charge is 0.244 e. The summed E-state index contributed by atoms with van der Waals surface area (Å²) in [7, 11) is 0. The number of aliphatic imine (C=N–C) groups is 1. The van der Waals surface area contributed by atoms with Crippen molar-refractivity contribution in [1.82, 2.24) is 0 Å². The summed E-state index contributed by atoms with van der Waals surface area (Å²) in [5.41, 5.74) is 3.24. The molecule has 0 unspecified atom stereocenters. The van der Waals surface area contributed by atoms with Crippen LogP contribution in [0.1, 0.15) is 48.8 Å². The maximum absolute atomic E-state index is 9.59. The lowest BCUT2D eigenvalue weighted by Gasteiger charge is -2.33. The molecule has 2 nitrogen and oxygen atoms in total. The summed E-state index contributed by atoms with van der Waals surface area (Å²) in [6, 6.07) is 9.96. The summed E-state index contributed by atoms with van der Waals surface area (Å²) >= 11 is 7.69. The van der Waals surface area contributed by atoms with Crippen molar-refractivity contribution in [3.8, 4) is 6.07 Å². The van der Waals surface area contributed by atoms with Gasteiger partial charge in [0.1, 0.15) is 11.1 Å². The number of hydrogen-bond donors (Lipinski definition) is 0. The third-order valence-corrected chi connectivity index (χ3v) is 6.16. The number of halogens is 1. The van der Waals surface area contributed by atoms with E-state index in [0.29, 0.717) is 16.4 Å². The summed E-state index contributed by atoms with van der Waals surface area (Å²) in [6.07, 6.45) is 5.00. The van der Waals surface area contributed by atoms with Crippen LogP contribution in [0.25, 0.3) is 0 Å². The van der Waals surface area contributed by atoms with Crippen molar-refractivity contribution < 1.29 is 0 Å². The van der Waals surface area contributed by atoms with Gasteiger partial charge in [0, 0.05) is 16.1 Å². The molecule has 1 aromatic carbocycles. The average molecular weight is 357 g/mol. The highest BCUT2D eigenvalue weighted by Gasteiger charge is 2.32. The van der Waals surface area contributed by atoms with E-state index in [1.165, 1.54) is 10.4 Å². The van der Waals surface area contributed by atoms with Crippen LogP contribution in [0.4, 0.5) is 5.00 Å². The molecule has 1 aliphatic rings. The Hall–Kier alpha value is -1.63. The molecule has 0 saturated heterocycles. The zero-order valence-electron chi connectivity index (χ0n) is 14.3. The SMILES string of the molecule is CC(C)(C)[C@H]1CCc2c(sc(N=Cc3cccc(Cl)c3)c2C#N)C1. The molecule has 1 aromatic heterocycles. The molecule has 0 spiro atoms. The minimum Gasteiger partial charge on any atom is -0.244 e. The second-order valence-electron chi connectivity index (χ2n) is 7.41. The van der Waals surface area contributed by atoms with Gasteiger partial charge in [0.25, 0.3) is 0 Å². The number of nitriles is 1. The van der Waals surface area contributed by atoms with Gasteiger partial charge in [0.05, 0.1) is 5.56 Å². The fraction of sp³-hybridized carbons (Fsp3) is 0.400. The molecule has 0 amide bonds. The first-order chi connectivity index (χ1) is 11.4. The minimum atomic E-state index is 0.304. The van der Waals surface area contributed by atoms with Crippen LogP contribution in [0, 0.1) is 22.7 Å². The standard InChI is InChI=1S/C20H21ClN2S/c1-20(2,3)14-7-8-16-17(11-22)19(24-18(16)10-14)23-12-13-5-4-6-15(21)9-13/h4-6,9,12,14H,7-8,10H2,1-3H3/t14-/m0/s1. The molecule has 0 bridgehead atoms. The van der Waals surface area contributed by atoms with E-state index in [1.54, 1.807) is 17.6 Å². The molecule has 2 aromatic rings. The van der Waals surface area contributed by atoms with Crippen LogP contribution >= 0.6 is 22.9 Å². The van der Waals surface area contributed by atoms with E-state index in [4.69, 9.17) is 11.6 Å². The average Bonchev–Trinajstić information content (AvgIpc) is 2.88. The van der Waals surface area contributed by atoms with Crippen LogP contribution in [0.15, 0.2) is 29.3 Å². The molecular formula is C20H21ClN2S. The van der Waals surface area contributed by atoms with Crippen molar-refractivity contribution in [2.45, 2.75) is 40.0 Å². The Morgan fingerprint density at radius 3 is 2.83 bits per heavy atom. The summed E-state index contributed by atoms with van der Waals surface area (Å²) in [5.74, 6) is 0.667. The van der Waals surface area contributed by atoms with Crippen molar-refractivity contribution in [2.75, 3.05) is 0 Å². The number of rotatable bonds is 2. The van der Waals surface area contributed by atoms with Gasteiger partial charge in [-0.1, -0.05) is 44.5 Å². The van der Waals surface area contributed by atoms with E-state index >= 15 is 0 Å². The van der Waals surface area contributed by atoms with E-state index < -0.39 is 0 Å². The van der Waals surface area contributed by atoms with E-state index in [9.17, 15) is 5.26 Å². The number of thiophene rings is 1. The molecule has 0 aliphatic heterocycles. The lowest BCUT2D eigenvalue weighted by molar-refractivity contribution is 0.218. The normalized spacial score (nSPS) is 17.7. The van der Waals surface area contributed by atoms with E-state index in [-0.39, 0.29) is 0 Å². The van der Waals surface area contributed by atoms with Gasteiger partial charge in [-0.25, -0.2) is 4.99 Å². The molecule has 124 valence electrons. The lowest BCUT2D eigenvalue weighted by Crippen LogP contribution is -2.26. The smallest absolute Gasteiger partial charge is 0.134 e. The molecule has 0 fully saturated rings. The molecule has 0 saturated carbocycles. The van der Waals surface area contributed by atoms with Gasteiger partial charge in [0.2, 0.25) is 0 Å². The Balaban J connectivity index is 1.91. The van der Waals surface area contributed by atoms with E-state index in [0.717, 1.165) is 35.4 Å². The van der Waals surface area contributed by atoms with Crippen molar-refractivity contribution >= 4 is 34.2 Å². The Labute approximate surface area is 152 Å². The zero-order chi connectivity index (χ0) is 17.3. The zero-order valence-corrected chi connectivity index (χ0v) is 15.8. The fourth-order valence-corrected chi connectivity index (χ4v) is 4.66. The van der Waals surface area contributed by atoms with Gasteiger partial charge < -0.3 is 0 Å². The number of hydrogen-bond acceptors (Lipinski definition) is 3. The molecule has 1 heterocycles. The first-order valence-electron chi connectivity index (χ1n) is 8.22. The molecule has 1 aliphatic carbocycles. The summed E-state index contributed by atoms with van der Waals surface area (Å²) in [6.45, 7) is 6.92. The molecule has 0 N–H and O–H groups in total. The third kappa shape index (κ3) is 3.55. The maximum atomic E-state index is 9.59. The Morgan fingerprint density at radius 1 is 1.38 bits per heavy atom. The minimum absolute atomic E-state index is 0.304. The molecule has 0 radical (unpaired) electrons. The quantitative estimate of drug-likeness (QED) is 0.592. The molecule has 24 heavy (non-hydrogen) atoms. The van der Waals surface area contributed by atoms with Gasteiger partial charge in [-0.3, -0.25) is 0 Å². The Morgan fingerprint density at radius 2 is 2.17 bits per heavy atom. The summed E-state index contributed by atoms with van der Waals surface area (Å²) < 4.78 is 0.